The van der Waals surface area contributed by atoms with Crippen molar-refractivity contribution in [2.45, 2.75) is 58.4 Å². The Bertz CT molecular complexity index is 775. The van der Waals surface area contributed by atoms with Crippen molar-refractivity contribution in [3.05, 3.63) is 35.3 Å². The number of nitrogens with zero attached hydrogens (tertiary/aromatic N) is 2. The van der Waals surface area contributed by atoms with Crippen LogP contribution in [0.15, 0.2) is 18.3 Å². The van der Waals surface area contributed by atoms with E-state index >= 15 is 0 Å². The van der Waals surface area contributed by atoms with E-state index in [0.717, 1.165) is 24.1 Å². The molecule has 2 amide bonds. The predicted octanol–water partition coefficient (Wildman–Crippen LogP) is 2.52. The number of carbonyl (C=O) groups is 2. The number of aryl methyl sites for hydroxylation is 2. The molecular weight excluding hydrogens is 316 g/mol. The molecule has 0 aromatic carbocycles. The second-order valence-corrected chi connectivity index (χ2v) is 6.84. The topological polar surface area (TPSA) is 75.5 Å². The molecule has 0 bridgehead atoms. The molecule has 0 saturated heterocycles. The molecule has 0 atom stereocenters. The highest BCUT2D eigenvalue weighted by Crippen LogP contribution is 2.18. The number of carbonyl (C=O) groups excluding carboxylic acids is 2. The minimum Gasteiger partial charge on any atom is -0.353 e. The van der Waals surface area contributed by atoms with Gasteiger partial charge in [0.2, 0.25) is 5.91 Å². The third-order valence-electron chi connectivity index (χ3n) is 4.82. The van der Waals surface area contributed by atoms with Gasteiger partial charge >= 0.3 is 0 Å². The first-order valence-electron chi connectivity index (χ1n) is 9.08. The molecule has 25 heavy (non-hydrogen) atoms. The number of hydrogen-bond acceptors (Lipinski definition) is 3. The molecule has 0 spiro atoms. The van der Waals surface area contributed by atoms with Crippen LogP contribution in [0.3, 0.4) is 0 Å². The molecule has 0 radical (unpaired) electrons. The maximum Gasteiger partial charge on any atom is 0.270 e. The quantitative estimate of drug-likeness (QED) is 0.792. The van der Waals surface area contributed by atoms with Crippen molar-refractivity contribution in [1.82, 2.24) is 20.0 Å². The van der Waals surface area contributed by atoms with Crippen molar-refractivity contribution in [3.8, 4) is 0 Å². The number of hydrogen-bond donors (Lipinski definition) is 2. The van der Waals surface area contributed by atoms with Gasteiger partial charge in [0, 0.05) is 25.2 Å². The van der Waals surface area contributed by atoms with Gasteiger partial charge in [0.25, 0.3) is 5.91 Å². The minimum absolute atomic E-state index is 0.0859. The Balaban J connectivity index is 1.50. The summed E-state index contributed by atoms with van der Waals surface area (Å²) >= 11 is 0. The third-order valence-corrected chi connectivity index (χ3v) is 4.82. The lowest BCUT2D eigenvalue weighted by Gasteiger charge is -2.12. The average Bonchev–Trinajstić information content (AvgIpc) is 3.19. The summed E-state index contributed by atoms with van der Waals surface area (Å²) in [6, 6.07) is 4.24. The van der Waals surface area contributed by atoms with E-state index in [1.807, 2.05) is 36.6 Å². The molecule has 2 N–H and O–H groups in total. The van der Waals surface area contributed by atoms with Crippen LogP contribution in [0.4, 0.5) is 0 Å². The van der Waals surface area contributed by atoms with Crippen LogP contribution in [-0.4, -0.2) is 33.8 Å². The maximum atomic E-state index is 12.5. The van der Waals surface area contributed by atoms with Crippen molar-refractivity contribution in [1.29, 1.82) is 0 Å². The van der Waals surface area contributed by atoms with Crippen LogP contribution in [0.25, 0.3) is 5.65 Å². The molecule has 134 valence electrons. The first-order chi connectivity index (χ1) is 12.1. The lowest BCUT2D eigenvalue weighted by molar-refractivity contribution is -0.121. The normalized spacial score (nSPS) is 14.8. The van der Waals surface area contributed by atoms with Gasteiger partial charge in [-0.3, -0.25) is 14.0 Å². The predicted molar refractivity (Wildman–Crippen MR) is 96.6 cm³/mol. The Hall–Kier alpha value is -2.37. The van der Waals surface area contributed by atoms with Crippen molar-refractivity contribution in [2.24, 2.45) is 0 Å². The van der Waals surface area contributed by atoms with Gasteiger partial charge in [-0.05, 0) is 44.7 Å². The summed E-state index contributed by atoms with van der Waals surface area (Å²) in [4.78, 5) is 28.9. The standard InChI is InChI=1S/C19H26N4O2/c1-13-7-6-12-23-17(14(2)21-18(13)23)19(25)20-11-5-10-16(24)22-15-8-3-4-9-15/h6-7,12,15H,3-5,8-11H2,1-2H3,(H,20,25)(H,22,24). The monoisotopic (exact) mass is 342 g/mol. The van der Waals surface area contributed by atoms with Crippen molar-refractivity contribution in [2.75, 3.05) is 6.54 Å². The van der Waals surface area contributed by atoms with Crippen LogP contribution in [0.1, 0.15) is 60.3 Å². The van der Waals surface area contributed by atoms with Crippen LogP contribution in [0.2, 0.25) is 0 Å². The van der Waals surface area contributed by atoms with E-state index in [9.17, 15) is 9.59 Å². The van der Waals surface area contributed by atoms with E-state index in [0.29, 0.717) is 36.8 Å². The zero-order chi connectivity index (χ0) is 17.8. The lowest BCUT2D eigenvalue weighted by Crippen LogP contribution is -2.33. The van der Waals surface area contributed by atoms with Gasteiger partial charge < -0.3 is 10.6 Å². The molecule has 1 fully saturated rings. The Morgan fingerprint density at radius 2 is 2.04 bits per heavy atom. The smallest absolute Gasteiger partial charge is 0.270 e. The fourth-order valence-electron chi connectivity index (χ4n) is 3.50. The largest absolute Gasteiger partial charge is 0.353 e. The molecule has 1 aliphatic carbocycles. The number of pyridine rings is 1. The van der Waals surface area contributed by atoms with Gasteiger partial charge in [-0.2, -0.15) is 0 Å². The summed E-state index contributed by atoms with van der Waals surface area (Å²) in [5.41, 5.74) is 3.12. The zero-order valence-electron chi connectivity index (χ0n) is 15.0. The summed E-state index contributed by atoms with van der Waals surface area (Å²) < 4.78 is 1.83. The van der Waals surface area contributed by atoms with E-state index in [2.05, 4.69) is 15.6 Å². The van der Waals surface area contributed by atoms with E-state index in [-0.39, 0.29) is 11.8 Å². The first-order valence-corrected chi connectivity index (χ1v) is 9.08. The van der Waals surface area contributed by atoms with Crippen molar-refractivity contribution < 1.29 is 9.59 Å². The maximum absolute atomic E-state index is 12.5. The second-order valence-electron chi connectivity index (χ2n) is 6.84. The summed E-state index contributed by atoms with van der Waals surface area (Å²) in [6.07, 6.45) is 7.54. The second kappa shape index (κ2) is 7.68. The molecule has 0 aliphatic heterocycles. The zero-order valence-corrected chi connectivity index (χ0v) is 15.0. The molecule has 2 heterocycles. The van der Waals surface area contributed by atoms with Crippen LogP contribution in [0, 0.1) is 13.8 Å². The molecular formula is C19H26N4O2. The fraction of sp³-hybridized carbons (Fsp3) is 0.526. The first kappa shape index (κ1) is 17.5. The van der Waals surface area contributed by atoms with Gasteiger partial charge in [-0.1, -0.05) is 18.9 Å². The molecule has 2 aromatic rings. The molecule has 0 unspecified atom stereocenters. The number of nitrogens with one attached hydrogen (secondary N) is 2. The van der Waals surface area contributed by atoms with Crippen LogP contribution < -0.4 is 10.6 Å². The number of rotatable bonds is 6. The van der Waals surface area contributed by atoms with Crippen LogP contribution in [-0.2, 0) is 4.79 Å². The average molecular weight is 342 g/mol. The molecule has 6 heteroatoms. The SMILES string of the molecule is Cc1nc2c(C)cccn2c1C(=O)NCCCC(=O)NC1CCCC1. The van der Waals surface area contributed by atoms with E-state index in [1.54, 1.807) is 0 Å². The van der Waals surface area contributed by atoms with Gasteiger partial charge in [0.05, 0.1) is 5.69 Å². The van der Waals surface area contributed by atoms with Crippen LogP contribution >= 0.6 is 0 Å². The third kappa shape index (κ3) is 4.00. The number of imidazole rings is 1. The summed E-state index contributed by atoms with van der Waals surface area (Å²) in [5, 5.41) is 5.98. The highest BCUT2D eigenvalue weighted by atomic mass is 16.2. The lowest BCUT2D eigenvalue weighted by atomic mass is 10.2. The molecule has 1 saturated carbocycles. The summed E-state index contributed by atoms with van der Waals surface area (Å²) in [6.45, 7) is 4.30. The minimum atomic E-state index is -0.146. The van der Waals surface area contributed by atoms with Gasteiger partial charge in [-0.25, -0.2) is 4.98 Å². The Morgan fingerprint density at radius 3 is 2.80 bits per heavy atom. The van der Waals surface area contributed by atoms with Crippen molar-refractivity contribution in [3.63, 3.8) is 0 Å². The number of amides is 2. The van der Waals surface area contributed by atoms with Crippen LogP contribution in [0.5, 0.6) is 0 Å². The molecule has 6 nitrogen and oxygen atoms in total. The highest BCUT2D eigenvalue weighted by molar-refractivity contribution is 5.94. The fourth-order valence-corrected chi connectivity index (χ4v) is 3.50. The molecule has 2 aromatic heterocycles. The molecule has 1 aliphatic rings. The van der Waals surface area contributed by atoms with E-state index in [1.165, 1.54) is 12.8 Å². The highest BCUT2D eigenvalue weighted by Gasteiger charge is 2.18. The van der Waals surface area contributed by atoms with Gasteiger partial charge in [-0.15, -0.1) is 0 Å². The van der Waals surface area contributed by atoms with E-state index in [4.69, 9.17) is 0 Å². The number of fused-ring (bicyclic) bond motifs is 1. The van der Waals surface area contributed by atoms with Crippen molar-refractivity contribution >= 4 is 17.5 Å². The number of aromatic nitrogens is 2. The Kier molecular flexibility index (Phi) is 5.36. The summed E-state index contributed by atoms with van der Waals surface area (Å²) in [7, 11) is 0. The van der Waals surface area contributed by atoms with E-state index < -0.39 is 0 Å². The summed E-state index contributed by atoms with van der Waals surface area (Å²) in [5.74, 6) is -0.0606. The van der Waals surface area contributed by atoms with Gasteiger partial charge in [0.1, 0.15) is 11.3 Å². The Morgan fingerprint density at radius 1 is 1.28 bits per heavy atom. The Labute approximate surface area is 148 Å². The van der Waals surface area contributed by atoms with Gasteiger partial charge in [0.15, 0.2) is 0 Å². The molecule has 3 rings (SSSR count).